The molecule has 146 valence electrons. The van der Waals surface area contributed by atoms with Crippen molar-refractivity contribution in [2.24, 2.45) is 0 Å². The number of thiophene rings is 1. The van der Waals surface area contributed by atoms with Gasteiger partial charge in [-0.2, -0.15) is 0 Å². The number of hydrogen-bond acceptors (Lipinski definition) is 7. The molecule has 0 atom stereocenters. The second kappa shape index (κ2) is 8.93. The second-order valence-corrected chi connectivity index (χ2v) is 8.00. The molecular weight excluding hydrogens is 406 g/mol. The van der Waals surface area contributed by atoms with Gasteiger partial charge in [-0.15, -0.1) is 21.5 Å². The van der Waals surface area contributed by atoms with E-state index in [2.05, 4.69) is 15.5 Å². The molecular formula is C21H17N3O3S2. The number of hydrogen-bond donors (Lipinski definition) is 1. The molecule has 4 aromatic rings. The van der Waals surface area contributed by atoms with Gasteiger partial charge in [-0.25, -0.2) is 0 Å². The van der Waals surface area contributed by atoms with Gasteiger partial charge in [0.05, 0.1) is 10.6 Å². The number of carbonyl (C=O) groups is 1. The lowest BCUT2D eigenvalue weighted by Gasteiger charge is -2.08. The second-order valence-electron chi connectivity index (χ2n) is 6.13. The predicted octanol–water partition coefficient (Wildman–Crippen LogP) is 5.63. The highest BCUT2D eigenvalue weighted by molar-refractivity contribution is 7.99. The summed E-state index contributed by atoms with van der Waals surface area (Å²) in [7, 11) is 0. The third-order valence-electron chi connectivity index (χ3n) is 3.86. The topological polar surface area (TPSA) is 77.2 Å². The molecule has 2 aromatic heterocycles. The molecule has 1 N–H and O–H groups in total. The summed E-state index contributed by atoms with van der Waals surface area (Å²) in [5.41, 5.74) is 1.87. The first-order valence-corrected chi connectivity index (χ1v) is 10.7. The van der Waals surface area contributed by atoms with Crippen molar-refractivity contribution in [3.63, 3.8) is 0 Å². The minimum absolute atomic E-state index is 0.155. The Morgan fingerprint density at radius 2 is 1.79 bits per heavy atom. The average Bonchev–Trinajstić information content (AvgIpc) is 3.41. The molecule has 0 saturated carbocycles. The average molecular weight is 424 g/mol. The van der Waals surface area contributed by atoms with Gasteiger partial charge in [0.15, 0.2) is 0 Å². The van der Waals surface area contributed by atoms with Crippen molar-refractivity contribution in [1.29, 1.82) is 0 Å². The lowest BCUT2D eigenvalue weighted by atomic mass is 10.2. The lowest BCUT2D eigenvalue weighted by Crippen LogP contribution is -2.13. The van der Waals surface area contributed by atoms with E-state index in [0.717, 1.165) is 10.6 Å². The van der Waals surface area contributed by atoms with Crippen LogP contribution in [0.3, 0.4) is 0 Å². The van der Waals surface area contributed by atoms with Crippen molar-refractivity contribution in [2.45, 2.75) is 12.1 Å². The van der Waals surface area contributed by atoms with Crippen LogP contribution in [-0.4, -0.2) is 21.9 Å². The van der Waals surface area contributed by atoms with Gasteiger partial charge in [-0.1, -0.05) is 35.5 Å². The molecule has 29 heavy (non-hydrogen) atoms. The first-order chi connectivity index (χ1) is 14.2. The highest BCUT2D eigenvalue weighted by Crippen LogP contribution is 2.27. The molecule has 0 aliphatic carbocycles. The Morgan fingerprint density at radius 1 is 1.07 bits per heavy atom. The molecule has 0 saturated heterocycles. The number of nitrogens with zero attached hydrogens (tertiary/aromatic N) is 2. The summed E-state index contributed by atoms with van der Waals surface area (Å²) in [5, 5.41) is 13.1. The van der Waals surface area contributed by atoms with E-state index in [-0.39, 0.29) is 11.7 Å². The van der Waals surface area contributed by atoms with Crippen molar-refractivity contribution in [2.75, 3.05) is 11.1 Å². The highest BCUT2D eigenvalue weighted by Gasteiger charge is 2.12. The number of rotatable bonds is 7. The van der Waals surface area contributed by atoms with Gasteiger partial charge in [0.25, 0.3) is 11.1 Å². The maximum absolute atomic E-state index is 12.2. The van der Waals surface area contributed by atoms with Crippen LogP contribution < -0.4 is 10.1 Å². The fourth-order valence-electron chi connectivity index (χ4n) is 2.44. The van der Waals surface area contributed by atoms with Gasteiger partial charge in [-0.05, 0) is 54.8 Å². The molecule has 6 nitrogen and oxygen atoms in total. The van der Waals surface area contributed by atoms with Crippen molar-refractivity contribution >= 4 is 34.7 Å². The minimum Gasteiger partial charge on any atom is -0.457 e. The van der Waals surface area contributed by atoms with Crippen LogP contribution in [-0.2, 0) is 4.79 Å². The smallest absolute Gasteiger partial charge is 0.277 e. The van der Waals surface area contributed by atoms with Crippen molar-refractivity contribution in [3.05, 3.63) is 71.6 Å². The van der Waals surface area contributed by atoms with Gasteiger partial charge in [0.2, 0.25) is 5.91 Å². The number of ether oxygens (including phenoxy) is 1. The van der Waals surface area contributed by atoms with Crippen molar-refractivity contribution in [3.8, 4) is 22.3 Å². The van der Waals surface area contributed by atoms with Crippen molar-refractivity contribution < 1.29 is 13.9 Å². The zero-order chi connectivity index (χ0) is 20.1. The van der Waals surface area contributed by atoms with E-state index in [1.54, 1.807) is 12.1 Å². The summed E-state index contributed by atoms with van der Waals surface area (Å²) in [4.78, 5) is 13.1. The van der Waals surface area contributed by atoms with E-state index in [0.29, 0.717) is 22.6 Å². The lowest BCUT2D eigenvalue weighted by molar-refractivity contribution is -0.113. The zero-order valence-electron chi connectivity index (χ0n) is 15.5. The molecule has 4 rings (SSSR count). The Hall–Kier alpha value is -3.10. The first kappa shape index (κ1) is 19.2. The number of amides is 1. The maximum atomic E-state index is 12.2. The maximum Gasteiger partial charge on any atom is 0.277 e. The van der Waals surface area contributed by atoms with Crippen molar-refractivity contribution in [1.82, 2.24) is 10.2 Å². The number of carbonyl (C=O) groups excluding carboxylic acids is 1. The summed E-state index contributed by atoms with van der Waals surface area (Å²) >= 11 is 2.72. The fraction of sp³-hybridized carbons (Fsp3) is 0.0952. The molecule has 8 heteroatoms. The van der Waals surface area contributed by atoms with Gasteiger partial charge in [-0.3, -0.25) is 4.79 Å². The molecule has 2 heterocycles. The van der Waals surface area contributed by atoms with Crippen LogP contribution in [0.25, 0.3) is 10.8 Å². The molecule has 2 aromatic carbocycles. The van der Waals surface area contributed by atoms with E-state index in [1.165, 1.54) is 28.7 Å². The number of anilines is 1. The predicted molar refractivity (Wildman–Crippen MR) is 115 cm³/mol. The van der Waals surface area contributed by atoms with Crippen LogP contribution >= 0.6 is 23.1 Å². The molecule has 0 aliphatic rings. The molecule has 0 aliphatic heterocycles. The van der Waals surface area contributed by atoms with Gasteiger partial charge in [0, 0.05) is 5.69 Å². The Bertz CT molecular complexity index is 1080. The molecule has 0 unspecified atom stereocenters. The molecule has 0 spiro atoms. The van der Waals surface area contributed by atoms with Crippen LogP contribution in [0.2, 0.25) is 0 Å². The standard InChI is InChI=1S/C21H17N3O3S2/c1-14-4-8-16(9-5-14)26-17-10-6-15(7-11-17)22-19(25)13-29-21-24-23-20(27-21)18-3-2-12-28-18/h2-12H,13H2,1H3,(H,22,25). The first-order valence-electron chi connectivity index (χ1n) is 8.80. The third-order valence-corrected chi connectivity index (χ3v) is 5.54. The normalized spacial score (nSPS) is 10.7. The fourth-order valence-corrected chi connectivity index (χ4v) is 3.65. The highest BCUT2D eigenvalue weighted by atomic mass is 32.2. The summed E-state index contributed by atoms with van der Waals surface area (Å²) in [6.07, 6.45) is 0. The molecule has 0 radical (unpaired) electrons. The van der Waals surface area contributed by atoms with Gasteiger partial charge < -0.3 is 14.5 Å². The molecule has 1 amide bonds. The number of aromatic nitrogens is 2. The molecule has 0 fully saturated rings. The Kier molecular flexibility index (Phi) is 5.92. The van der Waals surface area contributed by atoms with Gasteiger partial charge in [0.1, 0.15) is 11.5 Å². The summed E-state index contributed by atoms with van der Waals surface area (Å²) < 4.78 is 11.4. The largest absolute Gasteiger partial charge is 0.457 e. The van der Waals surface area contributed by atoms with Crippen LogP contribution in [0.15, 0.2) is 75.7 Å². The van der Waals surface area contributed by atoms with E-state index in [1.807, 2.05) is 60.8 Å². The summed E-state index contributed by atoms with van der Waals surface area (Å²) in [6, 6.07) is 18.9. The van der Waals surface area contributed by atoms with Gasteiger partial charge >= 0.3 is 0 Å². The Labute approximate surface area is 175 Å². The van der Waals surface area contributed by atoms with Crippen LogP contribution in [0.1, 0.15) is 5.56 Å². The summed E-state index contributed by atoms with van der Waals surface area (Å²) in [6.45, 7) is 2.03. The van der Waals surface area contributed by atoms with Crippen LogP contribution in [0.4, 0.5) is 5.69 Å². The van der Waals surface area contributed by atoms with E-state index in [9.17, 15) is 4.79 Å². The number of nitrogens with one attached hydrogen (secondary N) is 1. The number of aryl methyl sites for hydroxylation is 1. The zero-order valence-corrected chi connectivity index (χ0v) is 17.1. The third kappa shape index (κ3) is 5.24. The van der Waals surface area contributed by atoms with E-state index >= 15 is 0 Å². The SMILES string of the molecule is Cc1ccc(Oc2ccc(NC(=O)CSc3nnc(-c4cccs4)o3)cc2)cc1. The number of thioether (sulfide) groups is 1. The minimum atomic E-state index is -0.155. The molecule has 0 bridgehead atoms. The number of benzene rings is 2. The monoisotopic (exact) mass is 423 g/mol. The van der Waals surface area contributed by atoms with Crippen LogP contribution in [0.5, 0.6) is 11.5 Å². The Morgan fingerprint density at radius 3 is 2.48 bits per heavy atom. The summed E-state index contributed by atoms with van der Waals surface area (Å²) in [5.74, 6) is 1.96. The van der Waals surface area contributed by atoms with Crippen LogP contribution in [0, 0.1) is 6.92 Å². The Balaban J connectivity index is 1.27. The van der Waals surface area contributed by atoms with E-state index < -0.39 is 0 Å². The van der Waals surface area contributed by atoms with E-state index in [4.69, 9.17) is 9.15 Å². The quantitative estimate of drug-likeness (QED) is 0.388.